The van der Waals surface area contributed by atoms with Gasteiger partial charge in [-0.3, -0.25) is 0 Å². The van der Waals surface area contributed by atoms with Gasteiger partial charge in [0, 0.05) is 12.5 Å². The van der Waals surface area contributed by atoms with Crippen molar-refractivity contribution in [1.82, 2.24) is 15.3 Å². The van der Waals surface area contributed by atoms with Crippen molar-refractivity contribution in [2.75, 3.05) is 14.2 Å². The number of nitrogens with zero attached hydrogens (tertiary/aromatic N) is 1. The van der Waals surface area contributed by atoms with Crippen LogP contribution in [-0.4, -0.2) is 35.4 Å². The fourth-order valence-electron chi connectivity index (χ4n) is 2.66. The Bertz CT molecular complexity index is 874. The summed E-state index contributed by atoms with van der Waals surface area (Å²) in [5, 5.41) is 11.7. The number of methoxy groups -OCH3 is 2. The molecule has 1 atom stereocenters. The molecule has 7 nitrogen and oxygen atoms in total. The van der Waals surface area contributed by atoms with Crippen LogP contribution in [0.1, 0.15) is 17.4 Å². The van der Waals surface area contributed by atoms with Crippen molar-refractivity contribution in [2.45, 2.75) is 12.5 Å². The van der Waals surface area contributed by atoms with Crippen LogP contribution in [0.2, 0.25) is 0 Å². The molecule has 3 N–H and O–H groups in total. The van der Waals surface area contributed by atoms with Crippen molar-refractivity contribution < 1.29 is 19.4 Å². The average Bonchev–Trinajstić information content (AvgIpc) is 3.04. The maximum atomic E-state index is 11.2. The van der Waals surface area contributed by atoms with Crippen molar-refractivity contribution in [3.63, 3.8) is 0 Å². The Morgan fingerprint density at radius 3 is 2.48 bits per heavy atom. The van der Waals surface area contributed by atoms with Crippen LogP contribution in [0.4, 0.5) is 4.79 Å². The van der Waals surface area contributed by atoms with Gasteiger partial charge in [-0.05, 0) is 29.8 Å². The van der Waals surface area contributed by atoms with E-state index >= 15 is 0 Å². The number of nitrogens with one attached hydrogen (secondary N) is 2. The van der Waals surface area contributed by atoms with Crippen LogP contribution in [-0.2, 0) is 6.42 Å². The summed E-state index contributed by atoms with van der Waals surface area (Å²) in [6, 6.07) is 12.5. The van der Waals surface area contributed by atoms with E-state index in [2.05, 4.69) is 15.3 Å². The van der Waals surface area contributed by atoms with Gasteiger partial charge < -0.3 is 24.9 Å². The number of rotatable bonds is 6. The van der Waals surface area contributed by atoms with Gasteiger partial charge in [0.05, 0.1) is 31.3 Å². The smallest absolute Gasteiger partial charge is 0.405 e. The van der Waals surface area contributed by atoms with Gasteiger partial charge in [-0.2, -0.15) is 0 Å². The molecular weight excluding hydrogens is 322 g/mol. The zero-order valence-electron chi connectivity index (χ0n) is 13.9. The molecule has 0 aliphatic heterocycles. The number of imidazole rings is 1. The predicted octanol–water partition coefficient (Wildman–Crippen LogP) is 3.13. The van der Waals surface area contributed by atoms with Gasteiger partial charge in [-0.1, -0.05) is 12.1 Å². The van der Waals surface area contributed by atoms with Crippen LogP contribution in [0.25, 0.3) is 11.0 Å². The largest absolute Gasteiger partial charge is 0.497 e. The topological polar surface area (TPSA) is 96.5 Å². The molecule has 3 rings (SSSR count). The van der Waals surface area contributed by atoms with Gasteiger partial charge in [0.15, 0.2) is 0 Å². The van der Waals surface area contributed by atoms with Crippen LogP contribution >= 0.6 is 0 Å². The number of ether oxygens (including phenoxy) is 2. The zero-order chi connectivity index (χ0) is 17.8. The van der Waals surface area contributed by atoms with Crippen LogP contribution < -0.4 is 14.8 Å². The van der Waals surface area contributed by atoms with Gasteiger partial charge in [-0.25, -0.2) is 9.78 Å². The summed E-state index contributed by atoms with van der Waals surface area (Å²) >= 11 is 0. The molecule has 7 heteroatoms. The van der Waals surface area contributed by atoms with Gasteiger partial charge >= 0.3 is 6.09 Å². The molecule has 1 amide bonds. The minimum absolute atomic E-state index is 0.466. The van der Waals surface area contributed by atoms with Gasteiger partial charge in [0.1, 0.15) is 17.3 Å². The summed E-state index contributed by atoms with van der Waals surface area (Å²) in [5.41, 5.74) is 2.52. The molecule has 0 spiro atoms. The molecule has 2 aromatic carbocycles. The van der Waals surface area contributed by atoms with E-state index in [-0.39, 0.29) is 0 Å². The number of aromatic amines is 1. The highest BCUT2D eigenvalue weighted by Gasteiger charge is 2.19. The predicted molar refractivity (Wildman–Crippen MR) is 93.2 cm³/mol. The first-order valence-electron chi connectivity index (χ1n) is 7.75. The van der Waals surface area contributed by atoms with Crippen molar-refractivity contribution in [1.29, 1.82) is 0 Å². The van der Waals surface area contributed by atoms with Crippen molar-refractivity contribution in [3.8, 4) is 11.5 Å². The van der Waals surface area contributed by atoms with Gasteiger partial charge in [0.2, 0.25) is 0 Å². The van der Waals surface area contributed by atoms with E-state index in [4.69, 9.17) is 14.6 Å². The van der Waals surface area contributed by atoms with Crippen molar-refractivity contribution >= 4 is 17.1 Å². The summed E-state index contributed by atoms with van der Waals surface area (Å²) < 4.78 is 10.3. The number of carboxylic acid groups (broad SMARTS) is 1. The molecule has 0 bridgehead atoms. The van der Waals surface area contributed by atoms with Crippen LogP contribution in [0.15, 0.2) is 42.5 Å². The number of hydrogen-bond acceptors (Lipinski definition) is 4. The molecule has 0 fully saturated rings. The van der Waals surface area contributed by atoms with Gasteiger partial charge in [0.25, 0.3) is 0 Å². The molecule has 25 heavy (non-hydrogen) atoms. The fourth-order valence-corrected chi connectivity index (χ4v) is 2.66. The molecule has 0 aliphatic carbocycles. The lowest BCUT2D eigenvalue weighted by molar-refractivity contribution is 0.189. The Balaban J connectivity index is 1.90. The highest BCUT2D eigenvalue weighted by molar-refractivity contribution is 5.77. The number of H-pyrrole nitrogens is 1. The molecule has 0 radical (unpaired) electrons. The number of aromatic nitrogens is 2. The Morgan fingerprint density at radius 2 is 1.84 bits per heavy atom. The van der Waals surface area contributed by atoms with Crippen LogP contribution in [0.3, 0.4) is 0 Å². The highest BCUT2D eigenvalue weighted by Crippen LogP contribution is 2.23. The molecular formula is C18H19N3O4. The standard InChI is InChI=1S/C18H19N3O4/c1-24-12-5-3-11(4-6-12)9-16(21-18(22)23)17-19-14-8-7-13(25-2)10-15(14)20-17/h3-8,10,16,21H,9H2,1-2H3,(H,19,20)(H,22,23). The Hall–Kier alpha value is -3.22. The van der Waals surface area contributed by atoms with E-state index < -0.39 is 12.1 Å². The maximum Gasteiger partial charge on any atom is 0.405 e. The molecule has 1 aromatic heterocycles. The maximum absolute atomic E-state index is 11.2. The highest BCUT2D eigenvalue weighted by atomic mass is 16.5. The van der Waals surface area contributed by atoms with Crippen molar-refractivity contribution in [2.24, 2.45) is 0 Å². The Kier molecular flexibility index (Phi) is 4.74. The first-order valence-corrected chi connectivity index (χ1v) is 7.75. The quantitative estimate of drug-likeness (QED) is 0.640. The number of amides is 1. The molecule has 0 aliphatic rings. The molecule has 1 unspecified atom stereocenters. The SMILES string of the molecule is COc1ccc(CC(NC(=O)O)c2nc3ccc(OC)cc3[nH]2)cc1. The lowest BCUT2D eigenvalue weighted by Gasteiger charge is -2.15. The summed E-state index contributed by atoms with van der Waals surface area (Å²) in [6.07, 6.45) is -0.635. The lowest BCUT2D eigenvalue weighted by atomic mass is 10.1. The first kappa shape index (κ1) is 16.6. The number of benzene rings is 2. The molecule has 1 heterocycles. The molecule has 130 valence electrons. The number of fused-ring (bicyclic) bond motifs is 1. The summed E-state index contributed by atoms with van der Waals surface area (Å²) in [7, 11) is 3.20. The van der Waals surface area contributed by atoms with Gasteiger partial charge in [-0.15, -0.1) is 0 Å². The fraction of sp³-hybridized carbons (Fsp3) is 0.222. The third-order valence-corrected chi connectivity index (χ3v) is 3.93. The van der Waals surface area contributed by atoms with E-state index in [9.17, 15) is 4.79 Å². The zero-order valence-corrected chi connectivity index (χ0v) is 13.9. The Labute approximate surface area is 144 Å². The third kappa shape index (κ3) is 3.82. The lowest BCUT2D eigenvalue weighted by Crippen LogP contribution is -2.29. The molecule has 0 saturated heterocycles. The van der Waals surface area contributed by atoms with Crippen LogP contribution in [0.5, 0.6) is 11.5 Å². The van der Waals surface area contributed by atoms with E-state index in [0.29, 0.717) is 18.0 Å². The van der Waals surface area contributed by atoms with Crippen molar-refractivity contribution in [3.05, 3.63) is 53.9 Å². The minimum atomic E-state index is -1.10. The summed E-state index contributed by atoms with van der Waals surface area (Å²) in [4.78, 5) is 18.9. The molecule has 3 aromatic rings. The second-order valence-corrected chi connectivity index (χ2v) is 5.56. The monoisotopic (exact) mass is 341 g/mol. The normalized spacial score (nSPS) is 11.9. The van der Waals surface area contributed by atoms with E-state index in [1.165, 1.54) is 0 Å². The second-order valence-electron chi connectivity index (χ2n) is 5.56. The minimum Gasteiger partial charge on any atom is -0.497 e. The first-order chi connectivity index (χ1) is 12.1. The summed E-state index contributed by atoms with van der Waals surface area (Å²) in [6.45, 7) is 0. The van der Waals surface area contributed by atoms with E-state index in [1.807, 2.05) is 42.5 Å². The number of carbonyl (C=O) groups is 1. The average molecular weight is 341 g/mol. The van der Waals surface area contributed by atoms with E-state index in [1.54, 1.807) is 14.2 Å². The number of hydrogen-bond donors (Lipinski definition) is 3. The summed E-state index contributed by atoms with van der Waals surface area (Å²) in [5.74, 6) is 2.02. The second kappa shape index (κ2) is 7.12. The van der Waals surface area contributed by atoms with E-state index in [0.717, 1.165) is 22.3 Å². The third-order valence-electron chi connectivity index (χ3n) is 3.93. The molecule has 0 saturated carbocycles. The Morgan fingerprint density at radius 1 is 1.16 bits per heavy atom. The van der Waals surface area contributed by atoms with Crippen LogP contribution in [0, 0.1) is 0 Å².